The summed E-state index contributed by atoms with van der Waals surface area (Å²) in [4.78, 5) is 11.1. The van der Waals surface area contributed by atoms with Gasteiger partial charge in [-0.3, -0.25) is 0 Å². The van der Waals surface area contributed by atoms with Gasteiger partial charge in [0, 0.05) is 10.9 Å². The molecule has 0 bridgehead atoms. The number of nitrogens with zero attached hydrogens (tertiary/aromatic N) is 2. The van der Waals surface area contributed by atoms with Crippen molar-refractivity contribution < 1.29 is 8.78 Å². The van der Waals surface area contributed by atoms with Gasteiger partial charge in [0.15, 0.2) is 0 Å². The number of anilines is 2. The van der Waals surface area contributed by atoms with Crippen molar-refractivity contribution >= 4 is 33.1 Å². The minimum absolute atomic E-state index is 0.0948. The largest absolute Gasteiger partial charge is 0.337 e. The molecule has 112 valence electrons. The molecule has 0 saturated carbocycles. The van der Waals surface area contributed by atoms with Crippen LogP contribution in [0.25, 0.3) is 10.2 Å². The van der Waals surface area contributed by atoms with Gasteiger partial charge in [0.05, 0.1) is 11.1 Å². The number of nitrogens with one attached hydrogen (secondary N) is 1. The zero-order valence-electron chi connectivity index (χ0n) is 11.9. The van der Waals surface area contributed by atoms with Gasteiger partial charge in [-0.15, -0.1) is 11.3 Å². The molecule has 0 amide bonds. The second kappa shape index (κ2) is 4.98. The van der Waals surface area contributed by atoms with Gasteiger partial charge in [-0.2, -0.15) is 0 Å². The quantitative estimate of drug-likeness (QED) is 0.755. The number of rotatable bonds is 2. The molecule has 2 aromatic heterocycles. The van der Waals surface area contributed by atoms with E-state index >= 15 is 0 Å². The Morgan fingerprint density at radius 2 is 2.05 bits per heavy atom. The normalized spacial score (nSPS) is 13.6. The maximum atomic E-state index is 13.9. The number of thiophene rings is 1. The maximum Gasteiger partial charge on any atom is 0.146 e. The summed E-state index contributed by atoms with van der Waals surface area (Å²) >= 11 is 1.67. The molecule has 0 unspecified atom stereocenters. The molecule has 0 fully saturated rings. The fraction of sp³-hybridized carbons (Fsp3) is 0.250. The van der Waals surface area contributed by atoms with E-state index in [1.165, 1.54) is 10.4 Å². The second-order valence-corrected chi connectivity index (χ2v) is 6.49. The van der Waals surface area contributed by atoms with E-state index in [4.69, 9.17) is 0 Å². The van der Waals surface area contributed by atoms with Crippen LogP contribution >= 0.6 is 11.3 Å². The predicted octanol–water partition coefficient (Wildman–Crippen LogP) is 4.51. The Balaban J connectivity index is 1.89. The molecule has 2 heterocycles. The Bertz CT molecular complexity index is 889. The van der Waals surface area contributed by atoms with E-state index < -0.39 is 11.6 Å². The monoisotopic (exact) mass is 317 g/mol. The van der Waals surface area contributed by atoms with Gasteiger partial charge in [0.25, 0.3) is 0 Å². The highest BCUT2D eigenvalue weighted by molar-refractivity contribution is 7.19. The lowest BCUT2D eigenvalue weighted by Gasteiger charge is -2.10. The van der Waals surface area contributed by atoms with Crippen molar-refractivity contribution in [3.8, 4) is 0 Å². The molecule has 4 rings (SSSR count). The summed E-state index contributed by atoms with van der Waals surface area (Å²) in [5.74, 6) is 0.192. The molecule has 0 aliphatic heterocycles. The van der Waals surface area contributed by atoms with Crippen LogP contribution in [0.3, 0.4) is 0 Å². The van der Waals surface area contributed by atoms with Crippen molar-refractivity contribution in [2.24, 2.45) is 0 Å². The smallest absolute Gasteiger partial charge is 0.146 e. The highest BCUT2D eigenvalue weighted by atomic mass is 32.1. The van der Waals surface area contributed by atoms with Crippen molar-refractivity contribution in [1.29, 1.82) is 0 Å². The first-order chi connectivity index (χ1) is 10.6. The average molecular weight is 317 g/mol. The number of halogens is 2. The number of aryl methyl sites for hydroxylation is 3. The number of aromatic nitrogens is 2. The molecular weight excluding hydrogens is 304 g/mol. The lowest BCUT2D eigenvalue weighted by atomic mass is 10.2. The topological polar surface area (TPSA) is 37.8 Å². The summed E-state index contributed by atoms with van der Waals surface area (Å²) < 4.78 is 27.3. The summed E-state index contributed by atoms with van der Waals surface area (Å²) in [6.07, 6.45) is 3.17. The molecule has 3 nitrogen and oxygen atoms in total. The Morgan fingerprint density at radius 3 is 2.91 bits per heavy atom. The Morgan fingerprint density at radius 1 is 1.18 bits per heavy atom. The minimum atomic E-state index is -0.502. The first kappa shape index (κ1) is 13.6. The zero-order valence-corrected chi connectivity index (χ0v) is 12.7. The Labute approximate surface area is 130 Å². The average Bonchev–Trinajstić information content (AvgIpc) is 3.02. The summed E-state index contributed by atoms with van der Waals surface area (Å²) in [5.41, 5.74) is 1.34. The van der Waals surface area contributed by atoms with E-state index in [9.17, 15) is 8.78 Å². The summed E-state index contributed by atoms with van der Waals surface area (Å²) in [6, 6.07) is 3.36. The van der Waals surface area contributed by atoms with E-state index in [1.807, 2.05) is 0 Å². The Kier molecular flexibility index (Phi) is 3.07. The van der Waals surface area contributed by atoms with Crippen LogP contribution in [0.4, 0.5) is 20.3 Å². The van der Waals surface area contributed by atoms with Crippen molar-refractivity contribution in [2.75, 3.05) is 5.32 Å². The molecular formula is C16H13F2N3S. The van der Waals surface area contributed by atoms with Crippen LogP contribution in [0.5, 0.6) is 0 Å². The molecule has 0 radical (unpaired) electrons. The van der Waals surface area contributed by atoms with E-state index in [1.54, 1.807) is 18.3 Å². The summed E-state index contributed by atoms with van der Waals surface area (Å²) in [6.45, 7) is 1.80. The standard InChI is InChI=1S/C16H13F2N3S/c1-8-19-15(21-12-7-9(17)5-6-11(12)18)14-10-3-2-4-13(10)22-16(14)20-8/h5-7H,2-4H2,1H3,(H,19,20,21). The van der Waals surface area contributed by atoms with E-state index in [2.05, 4.69) is 15.3 Å². The number of hydrogen-bond donors (Lipinski definition) is 1. The number of benzene rings is 1. The molecule has 1 aliphatic rings. The molecule has 6 heteroatoms. The van der Waals surface area contributed by atoms with Gasteiger partial charge in [0.2, 0.25) is 0 Å². The second-order valence-electron chi connectivity index (χ2n) is 5.41. The van der Waals surface area contributed by atoms with Gasteiger partial charge in [-0.25, -0.2) is 18.7 Å². The molecule has 0 atom stereocenters. The fourth-order valence-corrected chi connectivity index (χ4v) is 4.22. The van der Waals surface area contributed by atoms with Crippen molar-refractivity contribution in [1.82, 2.24) is 9.97 Å². The lowest BCUT2D eigenvalue weighted by molar-refractivity contribution is 0.603. The van der Waals surface area contributed by atoms with Gasteiger partial charge in [-0.05, 0) is 43.9 Å². The maximum absolute atomic E-state index is 13.9. The molecule has 3 aromatic rings. The van der Waals surface area contributed by atoms with Crippen LogP contribution in [-0.4, -0.2) is 9.97 Å². The molecule has 0 spiro atoms. The molecule has 22 heavy (non-hydrogen) atoms. The van der Waals surface area contributed by atoms with Gasteiger partial charge in [0.1, 0.15) is 28.1 Å². The van der Waals surface area contributed by atoms with E-state index in [-0.39, 0.29) is 5.69 Å². The lowest BCUT2D eigenvalue weighted by Crippen LogP contribution is -2.01. The van der Waals surface area contributed by atoms with Crippen LogP contribution in [0.2, 0.25) is 0 Å². The van der Waals surface area contributed by atoms with Crippen molar-refractivity contribution in [3.63, 3.8) is 0 Å². The first-order valence-electron chi connectivity index (χ1n) is 7.13. The molecule has 0 saturated heterocycles. The van der Waals surface area contributed by atoms with Crippen molar-refractivity contribution in [3.05, 3.63) is 46.1 Å². The zero-order chi connectivity index (χ0) is 15.3. The van der Waals surface area contributed by atoms with Crippen LogP contribution < -0.4 is 5.32 Å². The predicted molar refractivity (Wildman–Crippen MR) is 83.8 cm³/mol. The van der Waals surface area contributed by atoms with Crippen LogP contribution in [0.15, 0.2) is 18.2 Å². The number of fused-ring (bicyclic) bond motifs is 3. The SMILES string of the molecule is Cc1nc(Nc2cc(F)ccc2F)c2c3c(sc2n1)CCC3. The Hall–Kier alpha value is -2.08. The third-order valence-electron chi connectivity index (χ3n) is 3.86. The van der Waals surface area contributed by atoms with Crippen LogP contribution in [-0.2, 0) is 12.8 Å². The highest BCUT2D eigenvalue weighted by Crippen LogP contribution is 2.40. The third kappa shape index (κ3) is 2.14. The molecule has 1 aliphatic carbocycles. The third-order valence-corrected chi connectivity index (χ3v) is 5.04. The van der Waals surface area contributed by atoms with E-state index in [0.29, 0.717) is 11.6 Å². The van der Waals surface area contributed by atoms with E-state index in [0.717, 1.165) is 47.7 Å². The van der Waals surface area contributed by atoms with Gasteiger partial charge in [-0.1, -0.05) is 0 Å². The molecule has 1 N–H and O–H groups in total. The summed E-state index contributed by atoms with van der Waals surface area (Å²) in [7, 11) is 0. The highest BCUT2D eigenvalue weighted by Gasteiger charge is 2.22. The molecule has 1 aromatic carbocycles. The minimum Gasteiger partial charge on any atom is -0.337 e. The first-order valence-corrected chi connectivity index (χ1v) is 7.94. The van der Waals surface area contributed by atoms with Crippen molar-refractivity contribution in [2.45, 2.75) is 26.2 Å². The van der Waals surface area contributed by atoms with Gasteiger partial charge < -0.3 is 5.32 Å². The summed E-state index contributed by atoms with van der Waals surface area (Å²) in [5, 5.41) is 3.90. The van der Waals surface area contributed by atoms with Crippen LogP contribution in [0, 0.1) is 18.6 Å². The number of hydrogen-bond acceptors (Lipinski definition) is 4. The fourth-order valence-electron chi connectivity index (χ4n) is 2.91. The van der Waals surface area contributed by atoms with Gasteiger partial charge >= 0.3 is 0 Å². The van der Waals surface area contributed by atoms with Crippen LogP contribution in [0.1, 0.15) is 22.7 Å².